The largest absolute Gasteiger partial charge is 0.477 e. The molecule has 0 aliphatic heterocycles. The third-order valence-corrected chi connectivity index (χ3v) is 3.21. The number of benzene rings is 1. The standard InChI is InChI=1S/C10H8N2O6S/c13-9-5-8(10(14)15)11-12(9)6-1-3-7(4-2-6)19(16,17)18/h1-5,11H,(H,14,15)(H,16,17,18). The van der Waals surface area contributed by atoms with E-state index in [4.69, 9.17) is 9.66 Å². The average molecular weight is 284 g/mol. The second-order valence-corrected chi connectivity index (χ2v) is 5.04. The molecule has 1 heterocycles. The van der Waals surface area contributed by atoms with E-state index in [9.17, 15) is 18.0 Å². The van der Waals surface area contributed by atoms with Crippen LogP contribution in [0.25, 0.3) is 5.69 Å². The summed E-state index contributed by atoms with van der Waals surface area (Å²) < 4.78 is 31.4. The Kier molecular flexibility index (Phi) is 3.00. The summed E-state index contributed by atoms with van der Waals surface area (Å²) in [6, 6.07) is 5.61. The molecule has 0 saturated heterocycles. The van der Waals surface area contributed by atoms with Gasteiger partial charge in [-0.15, -0.1) is 0 Å². The summed E-state index contributed by atoms with van der Waals surface area (Å²) in [5.74, 6) is -1.29. The average Bonchev–Trinajstić information content (AvgIpc) is 2.70. The third kappa shape index (κ3) is 2.56. The van der Waals surface area contributed by atoms with E-state index in [1.165, 1.54) is 12.1 Å². The van der Waals surface area contributed by atoms with Crippen molar-refractivity contribution >= 4 is 16.1 Å². The third-order valence-electron chi connectivity index (χ3n) is 2.34. The monoisotopic (exact) mass is 284 g/mol. The number of carbonyl (C=O) groups is 1. The normalized spacial score (nSPS) is 11.4. The highest BCUT2D eigenvalue weighted by molar-refractivity contribution is 7.85. The van der Waals surface area contributed by atoms with Crippen LogP contribution in [0.3, 0.4) is 0 Å². The van der Waals surface area contributed by atoms with Gasteiger partial charge in [0.25, 0.3) is 15.7 Å². The second kappa shape index (κ2) is 4.37. The maximum atomic E-state index is 11.5. The molecule has 1 aromatic carbocycles. The molecule has 0 amide bonds. The molecule has 0 bridgehead atoms. The van der Waals surface area contributed by atoms with Crippen molar-refractivity contribution in [1.82, 2.24) is 9.78 Å². The topological polar surface area (TPSA) is 129 Å². The molecule has 8 nitrogen and oxygen atoms in total. The molecule has 2 aromatic rings. The Balaban J connectivity index is 2.49. The van der Waals surface area contributed by atoms with E-state index in [0.29, 0.717) is 0 Å². The molecule has 2 rings (SSSR count). The van der Waals surface area contributed by atoms with Crippen LogP contribution < -0.4 is 5.56 Å². The summed E-state index contributed by atoms with van der Waals surface area (Å²) in [5.41, 5.74) is -0.647. The number of hydrogen-bond donors (Lipinski definition) is 3. The predicted octanol–water partition coefficient (Wildman–Crippen LogP) is 0.111. The summed E-state index contributed by atoms with van der Waals surface area (Å²) in [7, 11) is -4.31. The van der Waals surface area contributed by atoms with E-state index in [1.807, 2.05) is 0 Å². The van der Waals surface area contributed by atoms with Gasteiger partial charge in [-0.05, 0) is 24.3 Å². The summed E-state index contributed by atoms with van der Waals surface area (Å²) in [6.07, 6.45) is 0. The molecule has 0 atom stereocenters. The number of hydrogen-bond acceptors (Lipinski definition) is 4. The molecule has 100 valence electrons. The zero-order chi connectivity index (χ0) is 14.2. The Hall–Kier alpha value is -2.39. The number of nitrogens with zero attached hydrogens (tertiary/aromatic N) is 1. The molecule has 0 unspecified atom stereocenters. The van der Waals surface area contributed by atoms with E-state index in [-0.39, 0.29) is 16.3 Å². The fourth-order valence-electron chi connectivity index (χ4n) is 1.46. The molecular formula is C10H8N2O6S. The molecule has 0 aliphatic rings. The molecule has 0 fully saturated rings. The van der Waals surface area contributed by atoms with Gasteiger partial charge in [0, 0.05) is 6.07 Å². The minimum atomic E-state index is -4.31. The van der Waals surface area contributed by atoms with Crippen LogP contribution in [0.1, 0.15) is 10.5 Å². The molecular weight excluding hydrogens is 276 g/mol. The minimum Gasteiger partial charge on any atom is -0.477 e. The van der Waals surface area contributed by atoms with Crippen LogP contribution in [-0.4, -0.2) is 33.8 Å². The lowest BCUT2D eigenvalue weighted by atomic mass is 10.3. The van der Waals surface area contributed by atoms with E-state index in [1.54, 1.807) is 0 Å². The van der Waals surface area contributed by atoms with Gasteiger partial charge in [-0.1, -0.05) is 0 Å². The Morgan fingerprint density at radius 1 is 1.21 bits per heavy atom. The second-order valence-electron chi connectivity index (χ2n) is 3.62. The molecule has 0 spiro atoms. The first kappa shape index (κ1) is 13.1. The van der Waals surface area contributed by atoms with Gasteiger partial charge in [0.2, 0.25) is 0 Å². The van der Waals surface area contributed by atoms with Crippen molar-refractivity contribution in [3.05, 3.63) is 46.4 Å². The Labute approximate surface area is 106 Å². The van der Waals surface area contributed by atoms with Crippen LogP contribution in [0.2, 0.25) is 0 Å². The van der Waals surface area contributed by atoms with Gasteiger partial charge in [-0.25, -0.2) is 9.48 Å². The minimum absolute atomic E-state index is 0.241. The quantitative estimate of drug-likeness (QED) is 0.686. The van der Waals surface area contributed by atoms with Gasteiger partial charge in [0.1, 0.15) is 5.69 Å². The summed E-state index contributed by atoms with van der Waals surface area (Å²) >= 11 is 0. The van der Waals surface area contributed by atoms with Gasteiger partial charge in [-0.3, -0.25) is 14.4 Å². The van der Waals surface area contributed by atoms with E-state index < -0.39 is 21.6 Å². The number of carboxylic acids is 1. The first-order chi connectivity index (χ1) is 8.79. The first-order valence-corrected chi connectivity index (χ1v) is 6.36. The molecule has 0 aliphatic carbocycles. The Bertz CT molecular complexity index is 784. The fraction of sp³-hybridized carbons (Fsp3) is 0. The van der Waals surface area contributed by atoms with Crippen molar-refractivity contribution in [2.45, 2.75) is 4.90 Å². The van der Waals surface area contributed by atoms with E-state index in [2.05, 4.69) is 5.10 Å². The lowest BCUT2D eigenvalue weighted by Gasteiger charge is -2.02. The number of carboxylic acid groups (broad SMARTS) is 1. The van der Waals surface area contributed by atoms with Gasteiger partial charge >= 0.3 is 5.97 Å². The first-order valence-electron chi connectivity index (χ1n) is 4.92. The molecule has 1 aromatic heterocycles. The van der Waals surface area contributed by atoms with Crippen LogP contribution >= 0.6 is 0 Å². The van der Waals surface area contributed by atoms with Crippen molar-refractivity contribution in [2.75, 3.05) is 0 Å². The van der Waals surface area contributed by atoms with E-state index >= 15 is 0 Å². The van der Waals surface area contributed by atoms with Crippen LogP contribution in [0, 0.1) is 0 Å². The highest BCUT2D eigenvalue weighted by atomic mass is 32.2. The maximum absolute atomic E-state index is 11.5. The smallest absolute Gasteiger partial charge is 0.353 e. The Morgan fingerprint density at radius 2 is 1.79 bits per heavy atom. The molecule has 9 heteroatoms. The van der Waals surface area contributed by atoms with Crippen molar-refractivity contribution in [1.29, 1.82) is 0 Å². The number of rotatable bonds is 3. The molecule has 19 heavy (non-hydrogen) atoms. The van der Waals surface area contributed by atoms with Crippen LogP contribution in [0.4, 0.5) is 0 Å². The zero-order valence-electron chi connectivity index (χ0n) is 9.27. The summed E-state index contributed by atoms with van der Waals surface area (Å²) in [4.78, 5) is 21.9. The van der Waals surface area contributed by atoms with Crippen molar-refractivity contribution in [3.63, 3.8) is 0 Å². The molecule has 3 N–H and O–H groups in total. The van der Waals surface area contributed by atoms with Crippen LogP contribution in [-0.2, 0) is 10.1 Å². The number of aromatic carboxylic acids is 1. The number of aromatic nitrogens is 2. The van der Waals surface area contributed by atoms with Crippen molar-refractivity contribution in [3.8, 4) is 5.69 Å². The Morgan fingerprint density at radius 3 is 2.21 bits per heavy atom. The summed E-state index contributed by atoms with van der Waals surface area (Å²) in [5, 5.41) is 11.1. The zero-order valence-corrected chi connectivity index (χ0v) is 10.1. The van der Waals surface area contributed by atoms with Gasteiger partial charge in [0.15, 0.2) is 0 Å². The van der Waals surface area contributed by atoms with Crippen LogP contribution in [0.5, 0.6) is 0 Å². The summed E-state index contributed by atoms with van der Waals surface area (Å²) in [6.45, 7) is 0. The van der Waals surface area contributed by atoms with Crippen molar-refractivity contribution < 1.29 is 22.9 Å². The van der Waals surface area contributed by atoms with Crippen LogP contribution in [0.15, 0.2) is 40.0 Å². The van der Waals surface area contributed by atoms with Gasteiger partial charge in [-0.2, -0.15) is 8.42 Å². The molecule has 0 saturated carbocycles. The molecule has 0 radical (unpaired) electrons. The maximum Gasteiger partial charge on any atom is 0.353 e. The van der Waals surface area contributed by atoms with Crippen molar-refractivity contribution in [2.24, 2.45) is 0 Å². The lowest BCUT2D eigenvalue weighted by molar-refractivity contribution is 0.0690. The highest BCUT2D eigenvalue weighted by Gasteiger charge is 2.12. The lowest BCUT2D eigenvalue weighted by Crippen LogP contribution is -2.13. The number of aromatic amines is 1. The SMILES string of the molecule is O=C(O)c1cc(=O)n(-c2ccc(S(=O)(=O)O)cc2)[nH]1. The number of H-pyrrole nitrogens is 1. The van der Waals surface area contributed by atoms with Gasteiger partial charge < -0.3 is 5.11 Å². The highest BCUT2D eigenvalue weighted by Crippen LogP contribution is 2.12. The van der Waals surface area contributed by atoms with Gasteiger partial charge in [0.05, 0.1) is 10.6 Å². The number of nitrogens with one attached hydrogen (secondary N) is 1. The van der Waals surface area contributed by atoms with E-state index in [0.717, 1.165) is 22.9 Å². The predicted molar refractivity (Wildman–Crippen MR) is 63.2 cm³/mol. The fourth-order valence-corrected chi connectivity index (χ4v) is 1.94.